The average molecular weight is 449 g/mol. The Morgan fingerprint density at radius 2 is 1.81 bits per heavy atom. The van der Waals surface area contributed by atoms with E-state index in [9.17, 15) is 4.79 Å². The summed E-state index contributed by atoms with van der Waals surface area (Å²) in [5.74, 6) is 0.686. The lowest BCUT2D eigenvalue weighted by Gasteiger charge is -2.28. The Morgan fingerprint density at radius 1 is 1.09 bits per heavy atom. The molecule has 1 amide bonds. The van der Waals surface area contributed by atoms with Crippen LogP contribution in [0.5, 0.6) is 5.75 Å². The lowest BCUT2D eigenvalue weighted by molar-refractivity contribution is 0.102. The second-order valence-corrected chi connectivity index (χ2v) is 8.60. The quantitative estimate of drug-likeness (QED) is 0.488. The van der Waals surface area contributed by atoms with Crippen LogP contribution in [0.2, 0.25) is 0 Å². The molecule has 5 rings (SSSR count). The summed E-state index contributed by atoms with van der Waals surface area (Å²) < 4.78 is 12.6. The molecule has 0 aliphatic carbocycles. The van der Waals surface area contributed by atoms with Gasteiger partial charge in [0.15, 0.2) is 4.96 Å². The van der Waals surface area contributed by atoms with Crippen molar-refractivity contribution in [1.82, 2.24) is 9.38 Å². The second kappa shape index (κ2) is 8.64. The molecule has 1 fully saturated rings. The molecule has 4 aromatic rings. The summed E-state index contributed by atoms with van der Waals surface area (Å²) in [7, 11) is 1.65. The third kappa shape index (κ3) is 3.94. The van der Waals surface area contributed by atoms with Crippen LogP contribution in [-0.2, 0) is 4.74 Å². The number of aromatic nitrogens is 2. The summed E-state index contributed by atoms with van der Waals surface area (Å²) in [4.78, 5) is 21.4. The van der Waals surface area contributed by atoms with Crippen molar-refractivity contribution in [1.29, 1.82) is 0 Å². The van der Waals surface area contributed by atoms with E-state index >= 15 is 0 Å². The van der Waals surface area contributed by atoms with Crippen LogP contribution in [0.3, 0.4) is 0 Å². The number of amides is 1. The van der Waals surface area contributed by atoms with E-state index in [1.54, 1.807) is 7.11 Å². The van der Waals surface area contributed by atoms with Gasteiger partial charge < -0.3 is 19.7 Å². The summed E-state index contributed by atoms with van der Waals surface area (Å²) in [6, 6.07) is 15.8. The molecule has 0 unspecified atom stereocenters. The van der Waals surface area contributed by atoms with E-state index in [0.29, 0.717) is 4.88 Å². The molecule has 0 radical (unpaired) electrons. The van der Waals surface area contributed by atoms with Crippen LogP contribution in [0.4, 0.5) is 11.4 Å². The van der Waals surface area contributed by atoms with Gasteiger partial charge in [-0.2, -0.15) is 0 Å². The highest BCUT2D eigenvalue weighted by Gasteiger charge is 2.19. The molecule has 0 atom stereocenters. The fraction of sp³-hybridized carbons (Fsp3) is 0.250. The third-order valence-corrected chi connectivity index (χ3v) is 6.81. The zero-order valence-electron chi connectivity index (χ0n) is 18.0. The maximum Gasteiger partial charge on any atom is 0.267 e. The van der Waals surface area contributed by atoms with E-state index in [1.807, 2.05) is 66.1 Å². The molecule has 7 nitrogen and oxygen atoms in total. The second-order valence-electron chi connectivity index (χ2n) is 7.62. The van der Waals surface area contributed by atoms with Crippen molar-refractivity contribution in [3.8, 4) is 17.0 Å². The van der Waals surface area contributed by atoms with Crippen LogP contribution < -0.4 is 15.0 Å². The Kier molecular flexibility index (Phi) is 5.55. The Hall–Kier alpha value is -3.36. The Morgan fingerprint density at radius 3 is 2.47 bits per heavy atom. The number of hydrogen-bond donors (Lipinski definition) is 1. The van der Waals surface area contributed by atoms with E-state index in [0.717, 1.165) is 65.3 Å². The molecule has 2 aromatic heterocycles. The standard InChI is InChI=1S/C24H24N4O3S/c1-16-22(23(29)25-18-5-7-19(8-6-18)27-11-13-31-14-12-27)32-24-26-21(15-28(16)24)17-3-9-20(30-2)10-4-17/h3-10,15H,11-14H2,1-2H3,(H,25,29). The van der Waals surface area contributed by atoms with Crippen molar-refractivity contribution >= 4 is 33.6 Å². The molecule has 0 spiro atoms. The monoisotopic (exact) mass is 448 g/mol. The highest BCUT2D eigenvalue weighted by Crippen LogP contribution is 2.29. The van der Waals surface area contributed by atoms with Crippen molar-refractivity contribution in [3.63, 3.8) is 0 Å². The minimum atomic E-state index is -0.122. The van der Waals surface area contributed by atoms with E-state index in [4.69, 9.17) is 14.5 Å². The summed E-state index contributed by atoms with van der Waals surface area (Å²) in [5, 5.41) is 3.01. The summed E-state index contributed by atoms with van der Waals surface area (Å²) in [6.07, 6.45) is 1.97. The predicted octanol–water partition coefficient (Wildman–Crippen LogP) is 4.47. The molecule has 3 heterocycles. The number of morpholine rings is 1. The van der Waals surface area contributed by atoms with Crippen molar-refractivity contribution in [2.75, 3.05) is 43.6 Å². The van der Waals surface area contributed by atoms with Gasteiger partial charge in [-0.15, -0.1) is 0 Å². The van der Waals surface area contributed by atoms with Gasteiger partial charge in [-0.3, -0.25) is 9.20 Å². The number of fused-ring (bicyclic) bond motifs is 1. The summed E-state index contributed by atoms with van der Waals surface area (Å²) in [5.41, 5.74) is 4.67. The maximum absolute atomic E-state index is 12.9. The fourth-order valence-corrected chi connectivity index (χ4v) is 4.83. The van der Waals surface area contributed by atoms with Crippen LogP contribution in [0.1, 0.15) is 15.4 Å². The van der Waals surface area contributed by atoms with Gasteiger partial charge in [0.05, 0.1) is 26.0 Å². The molecule has 2 aromatic carbocycles. The van der Waals surface area contributed by atoms with Gasteiger partial charge in [0, 0.05) is 41.9 Å². The van der Waals surface area contributed by atoms with Crippen molar-refractivity contribution < 1.29 is 14.3 Å². The first-order valence-electron chi connectivity index (χ1n) is 10.5. The van der Waals surface area contributed by atoms with Crippen molar-refractivity contribution in [2.45, 2.75) is 6.92 Å². The normalized spacial score (nSPS) is 14.0. The smallest absolute Gasteiger partial charge is 0.267 e. The first-order valence-corrected chi connectivity index (χ1v) is 11.3. The number of methoxy groups -OCH3 is 1. The number of nitrogens with zero attached hydrogens (tertiary/aromatic N) is 3. The molecular formula is C24H24N4O3S. The topological polar surface area (TPSA) is 68.1 Å². The zero-order chi connectivity index (χ0) is 22.1. The number of carbonyl (C=O) groups excluding carboxylic acids is 1. The number of imidazole rings is 1. The number of aryl methyl sites for hydroxylation is 1. The SMILES string of the molecule is COc1ccc(-c2cn3c(C)c(C(=O)Nc4ccc(N5CCOCC5)cc4)sc3n2)cc1. The number of benzene rings is 2. The molecule has 0 saturated carbocycles. The van der Waals surface area contributed by atoms with Gasteiger partial charge in [0.2, 0.25) is 0 Å². The molecule has 8 heteroatoms. The first-order chi connectivity index (χ1) is 15.6. The molecule has 1 aliphatic rings. The lowest BCUT2D eigenvalue weighted by atomic mass is 10.2. The van der Waals surface area contributed by atoms with Gasteiger partial charge >= 0.3 is 0 Å². The summed E-state index contributed by atoms with van der Waals surface area (Å²) >= 11 is 1.39. The number of ether oxygens (including phenoxy) is 2. The van der Waals surface area contributed by atoms with Gasteiger partial charge in [-0.1, -0.05) is 11.3 Å². The van der Waals surface area contributed by atoms with E-state index in [2.05, 4.69) is 10.2 Å². The molecule has 1 aliphatic heterocycles. The number of thiazole rings is 1. The van der Waals surface area contributed by atoms with Gasteiger partial charge in [0.25, 0.3) is 5.91 Å². The predicted molar refractivity (Wildman–Crippen MR) is 127 cm³/mol. The first kappa shape index (κ1) is 20.5. The van der Waals surface area contributed by atoms with Crippen LogP contribution in [0.25, 0.3) is 16.2 Å². The number of hydrogen-bond acceptors (Lipinski definition) is 6. The van der Waals surface area contributed by atoms with Crippen molar-refractivity contribution in [3.05, 3.63) is 65.3 Å². The Balaban J connectivity index is 1.32. The maximum atomic E-state index is 12.9. The number of rotatable bonds is 5. The number of carbonyl (C=O) groups is 1. The molecule has 164 valence electrons. The molecule has 1 N–H and O–H groups in total. The van der Waals surface area contributed by atoms with Crippen LogP contribution in [0.15, 0.2) is 54.7 Å². The van der Waals surface area contributed by atoms with Gasteiger partial charge in [0.1, 0.15) is 10.6 Å². The molecular weight excluding hydrogens is 424 g/mol. The molecule has 0 bridgehead atoms. The van der Waals surface area contributed by atoms with Gasteiger partial charge in [-0.25, -0.2) is 4.98 Å². The van der Waals surface area contributed by atoms with Gasteiger partial charge in [-0.05, 0) is 55.5 Å². The largest absolute Gasteiger partial charge is 0.497 e. The van der Waals surface area contributed by atoms with E-state index in [1.165, 1.54) is 11.3 Å². The Bertz CT molecular complexity index is 1240. The minimum Gasteiger partial charge on any atom is -0.497 e. The minimum absolute atomic E-state index is 0.122. The number of nitrogens with one attached hydrogen (secondary N) is 1. The van der Waals surface area contributed by atoms with E-state index in [-0.39, 0.29) is 5.91 Å². The van der Waals surface area contributed by atoms with E-state index < -0.39 is 0 Å². The van der Waals surface area contributed by atoms with Crippen LogP contribution in [-0.4, -0.2) is 48.7 Å². The lowest BCUT2D eigenvalue weighted by Crippen LogP contribution is -2.36. The highest BCUT2D eigenvalue weighted by molar-refractivity contribution is 7.19. The molecule has 1 saturated heterocycles. The van der Waals surface area contributed by atoms with Crippen LogP contribution >= 0.6 is 11.3 Å². The average Bonchev–Trinajstić information content (AvgIpc) is 3.39. The van der Waals surface area contributed by atoms with Crippen molar-refractivity contribution in [2.24, 2.45) is 0 Å². The molecule has 32 heavy (non-hydrogen) atoms. The fourth-order valence-electron chi connectivity index (χ4n) is 3.83. The summed E-state index contributed by atoms with van der Waals surface area (Å²) in [6.45, 7) is 5.21. The number of anilines is 2. The van der Waals surface area contributed by atoms with Crippen LogP contribution in [0, 0.1) is 6.92 Å². The Labute approximate surface area is 190 Å². The zero-order valence-corrected chi connectivity index (χ0v) is 18.8. The highest BCUT2D eigenvalue weighted by atomic mass is 32.1. The third-order valence-electron chi connectivity index (χ3n) is 5.65.